The van der Waals surface area contributed by atoms with Crippen LogP contribution in [0.15, 0.2) is 24.3 Å². The fraction of sp³-hybridized carbons (Fsp3) is 0.333. The number of fused-ring (bicyclic) bond motifs is 1. The van der Waals surface area contributed by atoms with Crippen LogP contribution in [0.2, 0.25) is 0 Å². The molecule has 76 valence electrons. The number of para-hydroxylation sites is 1. The van der Waals surface area contributed by atoms with Gasteiger partial charge in [0.15, 0.2) is 0 Å². The zero-order chi connectivity index (χ0) is 10.2. The summed E-state index contributed by atoms with van der Waals surface area (Å²) in [5.41, 5.74) is 2.02. The Morgan fingerprint density at radius 1 is 1.36 bits per heavy atom. The van der Waals surface area contributed by atoms with Gasteiger partial charge in [-0.1, -0.05) is 18.2 Å². The molecule has 0 aromatic heterocycles. The summed E-state index contributed by atoms with van der Waals surface area (Å²) in [5.74, 6) is 0. The third-order valence-electron chi connectivity index (χ3n) is 2.45. The van der Waals surface area contributed by atoms with Crippen LogP contribution < -0.4 is 10.5 Å². The van der Waals surface area contributed by atoms with Gasteiger partial charge in [-0.2, -0.15) is 0 Å². The van der Waals surface area contributed by atoms with Crippen molar-refractivity contribution in [3.8, 4) is 0 Å². The maximum atomic E-state index is 11.1. The van der Waals surface area contributed by atoms with Gasteiger partial charge >= 0.3 is 0 Å². The number of benzene rings is 1. The van der Waals surface area contributed by atoms with Crippen LogP contribution in [0.4, 0.5) is 5.69 Å². The smallest absolute Gasteiger partial charge is 0.214 e. The van der Waals surface area contributed by atoms with E-state index < -0.39 is 15.3 Å². The Balaban J connectivity index is 2.30. The fourth-order valence-electron chi connectivity index (χ4n) is 1.64. The molecule has 0 amide bonds. The first-order valence-corrected chi connectivity index (χ1v) is 6.02. The van der Waals surface area contributed by atoms with Crippen molar-refractivity contribution in [2.75, 3.05) is 11.9 Å². The maximum Gasteiger partial charge on any atom is 0.214 e. The minimum atomic E-state index is -3.43. The first-order valence-electron chi connectivity index (χ1n) is 4.41. The zero-order valence-electron chi connectivity index (χ0n) is 7.60. The van der Waals surface area contributed by atoms with Crippen molar-refractivity contribution in [3.05, 3.63) is 29.8 Å². The normalized spacial score (nSPS) is 21.1. The summed E-state index contributed by atoms with van der Waals surface area (Å²) in [6.07, 6.45) is 0.502. The number of hydrogen-bond donors (Lipinski definition) is 2. The highest BCUT2D eigenvalue weighted by Crippen LogP contribution is 2.23. The Hall–Kier alpha value is -1.07. The second-order valence-corrected chi connectivity index (χ2v) is 5.30. The summed E-state index contributed by atoms with van der Waals surface area (Å²) in [6, 6.07) is 7.67. The molecule has 1 aliphatic heterocycles. The lowest BCUT2D eigenvalue weighted by atomic mass is 10.0. The van der Waals surface area contributed by atoms with E-state index in [0.717, 1.165) is 11.3 Å². The monoisotopic (exact) mass is 212 g/mol. The molecule has 4 nitrogen and oxygen atoms in total. The molecule has 0 unspecified atom stereocenters. The number of rotatable bonds is 1. The van der Waals surface area contributed by atoms with Crippen molar-refractivity contribution in [1.29, 1.82) is 0 Å². The van der Waals surface area contributed by atoms with Crippen molar-refractivity contribution in [3.63, 3.8) is 0 Å². The number of sulfonamides is 1. The van der Waals surface area contributed by atoms with Gasteiger partial charge in [0, 0.05) is 12.2 Å². The second kappa shape index (κ2) is 3.25. The molecule has 0 spiro atoms. The average Bonchev–Trinajstić information content (AvgIpc) is 2.16. The third kappa shape index (κ3) is 1.73. The van der Waals surface area contributed by atoms with Gasteiger partial charge in [0.25, 0.3) is 0 Å². The van der Waals surface area contributed by atoms with Gasteiger partial charge in [-0.15, -0.1) is 0 Å². The van der Waals surface area contributed by atoms with Crippen LogP contribution in [0.1, 0.15) is 5.56 Å². The highest BCUT2D eigenvalue weighted by atomic mass is 32.2. The molecule has 1 aromatic carbocycles. The van der Waals surface area contributed by atoms with E-state index in [1.165, 1.54) is 0 Å². The van der Waals surface area contributed by atoms with Crippen LogP contribution in [0, 0.1) is 0 Å². The van der Waals surface area contributed by atoms with Crippen molar-refractivity contribution >= 4 is 15.7 Å². The molecular formula is C9H12N2O2S. The summed E-state index contributed by atoms with van der Waals surface area (Å²) < 4.78 is 22.3. The predicted octanol–water partition coefficient (Wildman–Crippen LogP) is 0.312. The van der Waals surface area contributed by atoms with E-state index in [0.29, 0.717) is 13.0 Å². The summed E-state index contributed by atoms with van der Waals surface area (Å²) in [6.45, 7) is 0.399. The number of nitrogens with one attached hydrogen (secondary N) is 1. The first-order chi connectivity index (χ1) is 6.57. The largest absolute Gasteiger partial charge is 0.383 e. The van der Waals surface area contributed by atoms with Crippen LogP contribution in [-0.4, -0.2) is 20.2 Å². The number of anilines is 1. The van der Waals surface area contributed by atoms with Crippen LogP contribution in [0.5, 0.6) is 0 Å². The Morgan fingerprint density at radius 2 is 2.07 bits per heavy atom. The molecule has 0 fully saturated rings. The molecule has 0 aliphatic carbocycles. The van der Waals surface area contributed by atoms with Crippen molar-refractivity contribution in [1.82, 2.24) is 0 Å². The van der Waals surface area contributed by atoms with Crippen LogP contribution >= 0.6 is 0 Å². The molecule has 1 atom stereocenters. The number of nitrogens with two attached hydrogens (primary N) is 1. The minimum Gasteiger partial charge on any atom is -0.383 e. The molecule has 5 heteroatoms. The Morgan fingerprint density at radius 3 is 2.79 bits per heavy atom. The summed E-state index contributed by atoms with van der Waals surface area (Å²) in [7, 11) is -3.43. The van der Waals surface area contributed by atoms with Gasteiger partial charge in [-0.05, 0) is 18.1 Å². The van der Waals surface area contributed by atoms with E-state index in [1.54, 1.807) is 0 Å². The molecule has 1 heterocycles. The molecule has 0 radical (unpaired) electrons. The molecule has 0 saturated heterocycles. The lowest BCUT2D eigenvalue weighted by Gasteiger charge is -2.24. The predicted molar refractivity (Wildman–Crippen MR) is 55.5 cm³/mol. The van der Waals surface area contributed by atoms with E-state index in [9.17, 15) is 8.42 Å². The second-order valence-electron chi connectivity index (χ2n) is 3.45. The summed E-state index contributed by atoms with van der Waals surface area (Å²) in [4.78, 5) is 0. The Labute approximate surface area is 83.2 Å². The molecule has 14 heavy (non-hydrogen) atoms. The Kier molecular flexibility index (Phi) is 2.20. The maximum absolute atomic E-state index is 11.1. The number of hydrogen-bond acceptors (Lipinski definition) is 3. The molecule has 0 saturated carbocycles. The highest BCUT2D eigenvalue weighted by Gasteiger charge is 2.26. The SMILES string of the molecule is NS(=O)(=O)[C@@H]1CNc2ccccc2C1. The average molecular weight is 212 g/mol. The quantitative estimate of drug-likeness (QED) is 0.703. The van der Waals surface area contributed by atoms with Gasteiger partial charge in [-0.25, -0.2) is 13.6 Å². The van der Waals surface area contributed by atoms with Crippen LogP contribution in [0.3, 0.4) is 0 Å². The van der Waals surface area contributed by atoms with Gasteiger partial charge in [0.05, 0.1) is 5.25 Å². The zero-order valence-corrected chi connectivity index (χ0v) is 8.42. The fourth-order valence-corrected chi connectivity index (χ4v) is 2.37. The first kappa shape index (κ1) is 9.48. The molecule has 2 rings (SSSR count). The molecule has 1 aliphatic rings. The summed E-state index contributed by atoms with van der Waals surface area (Å²) in [5, 5.41) is 7.66. The summed E-state index contributed by atoms with van der Waals surface area (Å²) >= 11 is 0. The van der Waals surface area contributed by atoms with Gasteiger partial charge in [0.2, 0.25) is 10.0 Å². The van der Waals surface area contributed by atoms with Gasteiger partial charge in [0.1, 0.15) is 0 Å². The third-order valence-corrected chi connectivity index (χ3v) is 3.71. The lowest BCUT2D eigenvalue weighted by Crippen LogP contribution is -2.39. The van der Waals surface area contributed by atoms with Crippen LogP contribution in [0.25, 0.3) is 0 Å². The molecule has 0 bridgehead atoms. The topological polar surface area (TPSA) is 72.2 Å². The minimum absolute atomic E-state index is 0.399. The van der Waals surface area contributed by atoms with E-state index in [2.05, 4.69) is 5.32 Å². The van der Waals surface area contributed by atoms with E-state index in [4.69, 9.17) is 5.14 Å². The van der Waals surface area contributed by atoms with Gasteiger partial charge < -0.3 is 5.32 Å². The molecular weight excluding hydrogens is 200 g/mol. The van der Waals surface area contributed by atoms with Crippen molar-refractivity contribution in [2.24, 2.45) is 5.14 Å². The van der Waals surface area contributed by atoms with E-state index in [1.807, 2.05) is 24.3 Å². The lowest BCUT2D eigenvalue weighted by molar-refractivity contribution is 0.580. The molecule has 3 N–H and O–H groups in total. The standard InChI is InChI=1S/C9H12N2O2S/c10-14(12,13)8-5-7-3-1-2-4-9(7)11-6-8/h1-4,8,11H,5-6H2,(H2,10,12,13)/t8-/m0/s1. The highest BCUT2D eigenvalue weighted by molar-refractivity contribution is 7.89. The Bertz CT molecular complexity index is 442. The van der Waals surface area contributed by atoms with Crippen LogP contribution in [-0.2, 0) is 16.4 Å². The van der Waals surface area contributed by atoms with Crippen molar-refractivity contribution < 1.29 is 8.42 Å². The molecule has 1 aromatic rings. The van der Waals surface area contributed by atoms with Crippen molar-refractivity contribution in [2.45, 2.75) is 11.7 Å². The van der Waals surface area contributed by atoms with E-state index >= 15 is 0 Å². The van der Waals surface area contributed by atoms with Gasteiger partial charge in [-0.3, -0.25) is 0 Å². The van der Waals surface area contributed by atoms with E-state index in [-0.39, 0.29) is 0 Å². The number of primary sulfonamides is 1.